The van der Waals surface area contributed by atoms with Crippen LogP contribution in [0.4, 0.5) is 0 Å². The van der Waals surface area contributed by atoms with Crippen LogP contribution in [-0.2, 0) is 6.42 Å². The molecule has 1 saturated carbocycles. The van der Waals surface area contributed by atoms with E-state index in [4.69, 9.17) is 16.3 Å². The maximum Gasteiger partial charge on any atom is 0.221 e. The summed E-state index contributed by atoms with van der Waals surface area (Å²) in [6.07, 6.45) is 6.11. The highest BCUT2D eigenvalue weighted by molar-refractivity contribution is 6.30. The molecule has 0 N–H and O–H groups in total. The summed E-state index contributed by atoms with van der Waals surface area (Å²) in [4.78, 5) is 8.05. The highest BCUT2D eigenvalue weighted by atomic mass is 35.5. The third-order valence-corrected chi connectivity index (χ3v) is 2.86. The molecule has 0 aromatic carbocycles. The Bertz CT molecular complexity index is 326. The molecule has 0 bridgehead atoms. The number of hydrogen-bond acceptors (Lipinski definition) is 3. The van der Waals surface area contributed by atoms with Crippen molar-refractivity contribution in [2.75, 3.05) is 0 Å². The molecule has 1 aliphatic rings. The zero-order valence-electron chi connectivity index (χ0n) is 8.16. The van der Waals surface area contributed by atoms with E-state index in [1.165, 1.54) is 12.7 Å². The fourth-order valence-electron chi connectivity index (χ4n) is 1.42. The highest BCUT2D eigenvalue weighted by Crippen LogP contribution is 2.28. The van der Waals surface area contributed by atoms with Gasteiger partial charge in [0.2, 0.25) is 5.88 Å². The maximum atomic E-state index is 5.94. The lowest BCUT2D eigenvalue weighted by molar-refractivity contribution is 0.113. The van der Waals surface area contributed by atoms with E-state index in [0.717, 1.165) is 24.8 Å². The van der Waals surface area contributed by atoms with E-state index in [0.29, 0.717) is 17.1 Å². The normalized spacial score (nSPS) is 16.4. The Labute approximate surface area is 88.5 Å². The first kappa shape index (κ1) is 9.71. The SMILES string of the molecule is CCc1c(Cl)ncnc1OC1CCC1. The predicted octanol–water partition coefficient (Wildman–Crippen LogP) is 2.62. The minimum Gasteiger partial charge on any atom is -0.474 e. The minimum absolute atomic E-state index is 0.339. The minimum atomic E-state index is 0.339. The van der Waals surface area contributed by atoms with E-state index in [1.807, 2.05) is 6.92 Å². The number of ether oxygens (including phenoxy) is 1. The van der Waals surface area contributed by atoms with E-state index in [-0.39, 0.29) is 0 Å². The van der Waals surface area contributed by atoms with Crippen molar-refractivity contribution in [3.63, 3.8) is 0 Å². The standard InChI is InChI=1S/C10H13ClN2O/c1-2-8-9(11)12-6-13-10(8)14-7-4-3-5-7/h6-7H,2-5H2,1H3. The zero-order valence-corrected chi connectivity index (χ0v) is 8.92. The fourth-order valence-corrected chi connectivity index (χ4v) is 1.68. The average molecular weight is 213 g/mol. The van der Waals surface area contributed by atoms with Gasteiger partial charge in [-0.2, -0.15) is 0 Å². The van der Waals surface area contributed by atoms with Crippen LogP contribution in [0.25, 0.3) is 0 Å². The largest absolute Gasteiger partial charge is 0.474 e. The monoisotopic (exact) mass is 212 g/mol. The van der Waals surface area contributed by atoms with Crippen molar-refractivity contribution >= 4 is 11.6 Å². The van der Waals surface area contributed by atoms with E-state index >= 15 is 0 Å². The van der Waals surface area contributed by atoms with Crippen molar-refractivity contribution < 1.29 is 4.74 Å². The summed E-state index contributed by atoms with van der Waals surface area (Å²) in [5.74, 6) is 0.664. The summed E-state index contributed by atoms with van der Waals surface area (Å²) in [6.45, 7) is 2.03. The van der Waals surface area contributed by atoms with Gasteiger partial charge in [-0.25, -0.2) is 9.97 Å². The van der Waals surface area contributed by atoms with Crippen LogP contribution in [0, 0.1) is 0 Å². The Hall–Kier alpha value is -0.830. The quantitative estimate of drug-likeness (QED) is 0.723. The molecule has 0 unspecified atom stereocenters. The summed E-state index contributed by atoms with van der Waals surface area (Å²) in [5, 5.41) is 0.511. The molecule has 3 nitrogen and oxygen atoms in total. The molecule has 14 heavy (non-hydrogen) atoms. The Kier molecular flexibility index (Phi) is 2.87. The number of aromatic nitrogens is 2. The molecule has 0 saturated heterocycles. The zero-order chi connectivity index (χ0) is 9.97. The van der Waals surface area contributed by atoms with E-state index in [9.17, 15) is 0 Å². The maximum absolute atomic E-state index is 5.94. The summed E-state index contributed by atoms with van der Waals surface area (Å²) < 4.78 is 5.72. The number of hydrogen-bond donors (Lipinski definition) is 0. The van der Waals surface area contributed by atoms with E-state index in [1.54, 1.807) is 0 Å². The lowest BCUT2D eigenvalue weighted by Gasteiger charge is -2.26. The van der Waals surface area contributed by atoms with Crippen molar-refractivity contribution in [3.05, 3.63) is 17.0 Å². The van der Waals surface area contributed by atoms with Gasteiger partial charge in [-0.05, 0) is 25.7 Å². The van der Waals surface area contributed by atoms with Gasteiger partial charge in [0.05, 0.1) is 5.56 Å². The van der Waals surface area contributed by atoms with Gasteiger partial charge >= 0.3 is 0 Å². The summed E-state index contributed by atoms with van der Waals surface area (Å²) >= 11 is 5.94. The third-order valence-electron chi connectivity index (χ3n) is 2.54. The van der Waals surface area contributed by atoms with Crippen molar-refractivity contribution in [1.29, 1.82) is 0 Å². The molecule has 2 rings (SSSR count). The van der Waals surface area contributed by atoms with Crippen molar-refractivity contribution in [1.82, 2.24) is 9.97 Å². The molecule has 0 aliphatic heterocycles. The van der Waals surface area contributed by atoms with Crippen molar-refractivity contribution in [2.45, 2.75) is 38.7 Å². The number of rotatable bonds is 3. The van der Waals surface area contributed by atoms with Crippen LogP contribution in [0.3, 0.4) is 0 Å². The smallest absolute Gasteiger partial charge is 0.221 e. The molecule has 1 fully saturated rings. The Morgan fingerprint density at radius 2 is 2.29 bits per heavy atom. The molecular formula is C10H13ClN2O. The number of halogens is 1. The molecule has 1 aromatic heterocycles. The molecule has 1 aliphatic carbocycles. The van der Waals surface area contributed by atoms with Crippen LogP contribution in [0.15, 0.2) is 6.33 Å². The molecule has 0 atom stereocenters. The van der Waals surface area contributed by atoms with Gasteiger partial charge in [0.15, 0.2) is 0 Å². The van der Waals surface area contributed by atoms with Crippen LogP contribution in [0.5, 0.6) is 5.88 Å². The first-order valence-corrected chi connectivity index (χ1v) is 5.35. The second-order valence-electron chi connectivity index (χ2n) is 3.47. The van der Waals surface area contributed by atoms with Gasteiger partial charge < -0.3 is 4.74 Å². The molecule has 0 radical (unpaired) electrons. The topological polar surface area (TPSA) is 35.0 Å². The molecule has 1 aromatic rings. The van der Waals surface area contributed by atoms with Crippen LogP contribution < -0.4 is 4.74 Å². The third kappa shape index (κ3) is 1.82. The lowest BCUT2D eigenvalue weighted by Crippen LogP contribution is -2.25. The second kappa shape index (κ2) is 4.13. The molecule has 4 heteroatoms. The molecule has 0 amide bonds. The van der Waals surface area contributed by atoms with Gasteiger partial charge in [0, 0.05) is 0 Å². The van der Waals surface area contributed by atoms with Gasteiger partial charge in [0.25, 0.3) is 0 Å². The van der Waals surface area contributed by atoms with Crippen molar-refractivity contribution in [2.24, 2.45) is 0 Å². The van der Waals surface area contributed by atoms with Gasteiger partial charge in [0.1, 0.15) is 17.6 Å². The summed E-state index contributed by atoms with van der Waals surface area (Å²) in [6, 6.07) is 0. The number of nitrogens with zero attached hydrogens (tertiary/aromatic N) is 2. The predicted molar refractivity (Wildman–Crippen MR) is 54.7 cm³/mol. The Morgan fingerprint density at radius 1 is 1.50 bits per heavy atom. The highest BCUT2D eigenvalue weighted by Gasteiger charge is 2.21. The first-order valence-electron chi connectivity index (χ1n) is 4.97. The van der Waals surface area contributed by atoms with Crippen LogP contribution >= 0.6 is 11.6 Å². The van der Waals surface area contributed by atoms with Crippen LogP contribution in [0.2, 0.25) is 5.15 Å². The average Bonchev–Trinajstić information content (AvgIpc) is 2.11. The Balaban J connectivity index is 2.17. The van der Waals surface area contributed by atoms with Crippen LogP contribution in [-0.4, -0.2) is 16.1 Å². The van der Waals surface area contributed by atoms with Gasteiger partial charge in [-0.1, -0.05) is 18.5 Å². The van der Waals surface area contributed by atoms with E-state index in [2.05, 4.69) is 9.97 Å². The fraction of sp³-hybridized carbons (Fsp3) is 0.600. The Morgan fingerprint density at radius 3 is 2.86 bits per heavy atom. The first-order chi connectivity index (χ1) is 6.81. The molecule has 0 spiro atoms. The van der Waals surface area contributed by atoms with Crippen LogP contribution in [0.1, 0.15) is 31.7 Å². The summed E-state index contributed by atoms with van der Waals surface area (Å²) in [5.41, 5.74) is 0.918. The summed E-state index contributed by atoms with van der Waals surface area (Å²) in [7, 11) is 0. The molecule has 1 heterocycles. The van der Waals surface area contributed by atoms with E-state index < -0.39 is 0 Å². The lowest BCUT2D eigenvalue weighted by atomic mass is 9.96. The molecular weight excluding hydrogens is 200 g/mol. The van der Waals surface area contributed by atoms with Crippen molar-refractivity contribution in [3.8, 4) is 5.88 Å². The van der Waals surface area contributed by atoms with Gasteiger partial charge in [-0.15, -0.1) is 0 Å². The van der Waals surface area contributed by atoms with Gasteiger partial charge in [-0.3, -0.25) is 0 Å². The second-order valence-corrected chi connectivity index (χ2v) is 3.83. The molecule has 76 valence electrons.